The minimum atomic E-state index is 0.0645. The van der Waals surface area contributed by atoms with E-state index >= 15 is 0 Å². The fourth-order valence-corrected chi connectivity index (χ4v) is 4.51. The minimum Gasteiger partial charge on any atom is -0.405 e. The fourth-order valence-electron chi connectivity index (χ4n) is 4.51. The number of nitrogens with one attached hydrogen (secondary N) is 3. The van der Waals surface area contributed by atoms with E-state index < -0.39 is 0 Å². The van der Waals surface area contributed by atoms with Gasteiger partial charge in [-0.15, -0.1) is 13.2 Å². The third-order valence-electron chi connectivity index (χ3n) is 8.04. The van der Waals surface area contributed by atoms with E-state index in [1.807, 2.05) is 57.3 Å². The van der Waals surface area contributed by atoms with Crippen LogP contribution >= 0.6 is 0 Å². The lowest BCUT2D eigenvalue weighted by atomic mass is 9.83. The van der Waals surface area contributed by atoms with Crippen molar-refractivity contribution in [1.82, 2.24) is 16.0 Å². The van der Waals surface area contributed by atoms with Crippen molar-refractivity contribution in [2.24, 2.45) is 28.1 Å². The third-order valence-corrected chi connectivity index (χ3v) is 8.04. The molecule has 1 aliphatic rings. The molecule has 7 nitrogen and oxygen atoms in total. The minimum absolute atomic E-state index is 0.0645. The molecule has 0 amide bonds. The van der Waals surface area contributed by atoms with Crippen molar-refractivity contribution in [3.63, 3.8) is 0 Å². The van der Waals surface area contributed by atoms with Gasteiger partial charge in [0, 0.05) is 59.7 Å². The van der Waals surface area contributed by atoms with Crippen LogP contribution < -0.4 is 33.2 Å². The number of nitrogens with two attached hydrogens (primary N) is 3. The van der Waals surface area contributed by atoms with Crippen LogP contribution in [-0.2, 0) is 13.1 Å². The normalized spacial score (nSPS) is 13.7. The molecule has 0 saturated heterocycles. The zero-order valence-corrected chi connectivity index (χ0v) is 32.3. The quantitative estimate of drug-likeness (QED) is 0.0667. The van der Waals surface area contributed by atoms with E-state index in [1.54, 1.807) is 0 Å². The summed E-state index contributed by atoms with van der Waals surface area (Å²) in [4.78, 5) is 4.08. The Balaban J connectivity index is 0.00000165. The van der Waals surface area contributed by atoms with Crippen molar-refractivity contribution < 1.29 is 0 Å². The summed E-state index contributed by atoms with van der Waals surface area (Å²) >= 11 is 0. The lowest BCUT2D eigenvalue weighted by Crippen LogP contribution is -2.33. The Morgan fingerprint density at radius 2 is 1.49 bits per heavy atom. The smallest absolute Gasteiger partial charge is 0.0573 e. The second kappa shape index (κ2) is 23.6. The first kappa shape index (κ1) is 45.3. The Hall–Kier alpha value is -5.69. The van der Waals surface area contributed by atoms with Gasteiger partial charge < -0.3 is 33.2 Å². The van der Waals surface area contributed by atoms with Gasteiger partial charge in [-0.05, 0) is 92.8 Å². The van der Waals surface area contributed by atoms with Gasteiger partial charge in [0.1, 0.15) is 0 Å². The Labute approximate surface area is 309 Å². The van der Waals surface area contributed by atoms with Crippen molar-refractivity contribution in [3.8, 4) is 0 Å². The molecule has 1 unspecified atom stereocenters. The molecule has 2 atom stereocenters. The lowest BCUT2D eigenvalue weighted by molar-refractivity contribution is 0.642. The van der Waals surface area contributed by atoms with Crippen molar-refractivity contribution in [2.45, 2.75) is 67.6 Å². The first-order chi connectivity index (χ1) is 24.1. The summed E-state index contributed by atoms with van der Waals surface area (Å²) in [5.41, 5.74) is 30.2. The van der Waals surface area contributed by atoms with Gasteiger partial charge in [0.2, 0.25) is 0 Å². The standard InChI is InChI=1S/C33H41N5.C7H13N.C2H5N.C2H4/c1-20(16-21(2)26(7)38-27(8)31-14-12-30(13-15-31)24(5)34)25(6)36-18-28-10-9-11-29(17-28)19-37-33-23(4)22(3)32(33)35;1-5-8-7(4)6(2)3;1-2-3;1-2/h9-17,22,27,36-38H,2,4-7,18-19,34-35H2,1,3,8H3;5H,1-4H3;2H,1,3H2;1-2H2/b20-16+;;;/t22?,27-;;;/m0.../s1. The van der Waals surface area contributed by atoms with Crippen molar-refractivity contribution >= 4 is 11.9 Å². The van der Waals surface area contributed by atoms with E-state index in [2.05, 4.69) is 131 Å². The first-order valence-corrected chi connectivity index (χ1v) is 16.8. The van der Waals surface area contributed by atoms with Crippen LogP contribution in [-0.4, -0.2) is 6.21 Å². The summed E-state index contributed by atoms with van der Waals surface area (Å²) in [6, 6.07) is 16.5. The van der Waals surface area contributed by atoms with Crippen LogP contribution in [0.1, 0.15) is 76.8 Å². The Bertz CT molecular complexity index is 1640. The van der Waals surface area contributed by atoms with Crippen LogP contribution in [0.25, 0.3) is 5.70 Å². The molecule has 0 aromatic heterocycles. The van der Waals surface area contributed by atoms with Gasteiger partial charge in [0.05, 0.1) is 5.70 Å². The van der Waals surface area contributed by atoms with E-state index in [1.165, 1.54) is 22.9 Å². The molecule has 2 aromatic carbocycles. The van der Waals surface area contributed by atoms with E-state index in [0.717, 1.165) is 56.3 Å². The van der Waals surface area contributed by atoms with E-state index in [4.69, 9.17) is 11.5 Å². The predicted molar refractivity (Wildman–Crippen MR) is 226 cm³/mol. The zero-order valence-electron chi connectivity index (χ0n) is 32.3. The molecule has 3 rings (SSSR count). The molecule has 0 fully saturated rings. The lowest BCUT2D eigenvalue weighted by Gasteiger charge is -2.31. The molecular formula is C44H63N7. The fraction of sp³-hybridized carbons (Fsp3) is 0.250. The monoisotopic (exact) mass is 690 g/mol. The molecule has 0 spiro atoms. The average molecular weight is 690 g/mol. The molecule has 0 bridgehead atoms. The number of rotatable bonds is 14. The third kappa shape index (κ3) is 15.6. The summed E-state index contributed by atoms with van der Waals surface area (Å²) in [6.45, 7) is 45.2. The van der Waals surface area contributed by atoms with Gasteiger partial charge in [-0.2, -0.15) is 0 Å². The van der Waals surface area contributed by atoms with Crippen LogP contribution in [0.5, 0.6) is 0 Å². The molecular weight excluding hydrogens is 627 g/mol. The Morgan fingerprint density at radius 1 is 0.941 bits per heavy atom. The maximum Gasteiger partial charge on any atom is 0.0573 e. The second-order valence-corrected chi connectivity index (χ2v) is 12.1. The van der Waals surface area contributed by atoms with Crippen LogP contribution in [0.3, 0.4) is 0 Å². The van der Waals surface area contributed by atoms with Crippen molar-refractivity contribution in [1.29, 1.82) is 0 Å². The first-order valence-electron chi connectivity index (χ1n) is 16.8. The van der Waals surface area contributed by atoms with Crippen LogP contribution in [0.2, 0.25) is 0 Å². The number of allylic oxidation sites excluding steroid dienone is 6. The van der Waals surface area contributed by atoms with Crippen molar-refractivity contribution in [3.05, 3.63) is 186 Å². The summed E-state index contributed by atoms with van der Waals surface area (Å²) in [5.74, 6) is 0.262. The second-order valence-electron chi connectivity index (χ2n) is 12.1. The summed E-state index contributed by atoms with van der Waals surface area (Å²) < 4.78 is 0. The number of hydrogen-bond acceptors (Lipinski definition) is 7. The number of aliphatic imine (C=N–C) groups is 1. The molecule has 2 aromatic rings. The molecule has 0 aliphatic heterocycles. The Kier molecular flexibility index (Phi) is 21.0. The molecule has 1 aliphatic carbocycles. The summed E-state index contributed by atoms with van der Waals surface area (Å²) in [6.07, 6.45) is 5.05. The highest BCUT2D eigenvalue weighted by Crippen LogP contribution is 2.33. The number of hydrogen-bond donors (Lipinski definition) is 6. The molecule has 274 valence electrons. The molecule has 9 N–H and O–H groups in total. The SMILES string of the molecule is C=C.C=C(/C=C(\C)C(=C)NCc1cccc(CNC2=C(N)C(C)C2=C)c1)C(=C)N[C@@H](C)c1ccc(C(=C)N)cc1.C=CN.CC=NC(C)=C(C)C. The molecule has 51 heavy (non-hydrogen) atoms. The van der Waals surface area contributed by atoms with Gasteiger partial charge >= 0.3 is 0 Å². The van der Waals surface area contributed by atoms with Gasteiger partial charge in [-0.25, -0.2) is 0 Å². The van der Waals surface area contributed by atoms with Gasteiger partial charge in [0.15, 0.2) is 0 Å². The highest BCUT2D eigenvalue weighted by atomic mass is 14.9. The Morgan fingerprint density at radius 3 is 1.96 bits per heavy atom. The maximum atomic E-state index is 6.09. The van der Waals surface area contributed by atoms with Gasteiger partial charge in [0.25, 0.3) is 0 Å². The van der Waals surface area contributed by atoms with E-state index in [9.17, 15) is 0 Å². The van der Waals surface area contributed by atoms with Crippen molar-refractivity contribution in [2.75, 3.05) is 0 Å². The highest BCUT2D eigenvalue weighted by Gasteiger charge is 2.27. The zero-order chi connectivity index (χ0) is 39.3. The number of nitrogens with zero attached hydrogens (tertiary/aromatic N) is 1. The van der Waals surface area contributed by atoms with Crippen LogP contribution in [0, 0.1) is 5.92 Å². The van der Waals surface area contributed by atoms with E-state index in [-0.39, 0.29) is 12.0 Å². The van der Waals surface area contributed by atoms with Gasteiger partial charge in [-0.1, -0.05) is 101 Å². The maximum absolute atomic E-state index is 6.09. The predicted octanol–water partition coefficient (Wildman–Crippen LogP) is 9.33. The molecule has 7 heteroatoms. The number of benzene rings is 2. The highest BCUT2D eigenvalue weighted by molar-refractivity contribution is 5.60. The van der Waals surface area contributed by atoms with Crippen LogP contribution in [0.4, 0.5) is 0 Å². The van der Waals surface area contributed by atoms with Crippen LogP contribution in [0.15, 0.2) is 169 Å². The van der Waals surface area contributed by atoms with Gasteiger partial charge in [-0.3, -0.25) is 4.99 Å². The molecule has 0 saturated carbocycles. The van der Waals surface area contributed by atoms with E-state index in [0.29, 0.717) is 18.8 Å². The largest absolute Gasteiger partial charge is 0.405 e. The molecule has 0 heterocycles. The summed E-state index contributed by atoms with van der Waals surface area (Å²) in [5, 5.41) is 10.3. The topological polar surface area (TPSA) is 127 Å². The summed E-state index contributed by atoms with van der Waals surface area (Å²) in [7, 11) is 0. The average Bonchev–Trinajstić information content (AvgIpc) is 3.12. The molecule has 0 radical (unpaired) electrons.